The predicted octanol–water partition coefficient (Wildman–Crippen LogP) is 2.16. The van der Waals surface area contributed by atoms with Crippen LogP contribution >= 0.6 is 0 Å². The monoisotopic (exact) mass is 269 g/mol. The van der Waals surface area contributed by atoms with Gasteiger partial charge in [-0.3, -0.25) is 4.79 Å². The molecule has 19 heavy (non-hydrogen) atoms. The fraction of sp³-hybridized carbons (Fsp3) is 0.500. The highest BCUT2D eigenvalue weighted by molar-refractivity contribution is 5.98. The third-order valence-corrected chi connectivity index (χ3v) is 3.22. The van der Waals surface area contributed by atoms with Gasteiger partial charge in [-0.2, -0.15) is 0 Å². The van der Waals surface area contributed by atoms with E-state index in [9.17, 15) is 13.6 Å². The highest BCUT2D eigenvalue weighted by atomic mass is 19.1. The molecule has 104 valence electrons. The molecule has 1 N–H and O–H groups in total. The molecule has 0 bridgehead atoms. The van der Waals surface area contributed by atoms with Crippen LogP contribution in [0, 0.1) is 17.6 Å². The molecule has 3 nitrogen and oxygen atoms in total. The van der Waals surface area contributed by atoms with E-state index in [0.717, 1.165) is 31.2 Å². The Labute approximate surface area is 111 Å². The zero-order chi connectivity index (χ0) is 13.8. The van der Waals surface area contributed by atoms with E-state index >= 15 is 0 Å². The normalized spacial score (nSPS) is 22.7. The Morgan fingerprint density at radius 3 is 2.63 bits per heavy atom. The lowest BCUT2D eigenvalue weighted by Gasteiger charge is -2.17. The van der Waals surface area contributed by atoms with Crippen molar-refractivity contribution in [2.24, 2.45) is 5.92 Å². The molecular weight excluding hydrogens is 252 g/mol. The van der Waals surface area contributed by atoms with Crippen molar-refractivity contribution in [3.63, 3.8) is 0 Å². The van der Waals surface area contributed by atoms with Crippen LogP contribution in [0.4, 0.5) is 8.78 Å². The van der Waals surface area contributed by atoms with Gasteiger partial charge in [-0.05, 0) is 25.1 Å². The Morgan fingerprint density at radius 2 is 2.00 bits per heavy atom. The number of halogens is 2. The molecule has 1 aliphatic rings. The van der Waals surface area contributed by atoms with Crippen molar-refractivity contribution in [1.29, 1.82) is 0 Å². The number of carbonyl (C=O) groups excluding carboxylic acids is 1. The summed E-state index contributed by atoms with van der Waals surface area (Å²) in [5.74, 6) is -2.13. The Hall–Kier alpha value is -1.33. The van der Waals surface area contributed by atoms with E-state index < -0.39 is 11.6 Å². The second-order valence-electron chi connectivity index (χ2n) is 4.73. The minimum absolute atomic E-state index is 0.0660. The molecule has 2 rings (SSSR count). The number of carbonyl (C=O) groups is 1. The molecule has 0 saturated carbocycles. The topological polar surface area (TPSA) is 38.3 Å². The van der Waals surface area contributed by atoms with Gasteiger partial charge in [0.2, 0.25) is 0 Å². The van der Waals surface area contributed by atoms with Crippen LogP contribution in [0.1, 0.15) is 23.7 Å². The molecule has 0 radical (unpaired) electrons. The first-order chi connectivity index (χ1) is 9.11. The van der Waals surface area contributed by atoms with Crippen LogP contribution in [-0.4, -0.2) is 31.6 Å². The van der Waals surface area contributed by atoms with Crippen molar-refractivity contribution in [2.45, 2.75) is 19.4 Å². The number of ether oxygens (including phenoxy) is 1. The van der Waals surface area contributed by atoms with Crippen LogP contribution < -0.4 is 5.32 Å². The lowest BCUT2D eigenvalue weighted by atomic mass is 9.93. The first-order valence-electron chi connectivity index (χ1n) is 6.43. The van der Waals surface area contributed by atoms with Gasteiger partial charge in [0.15, 0.2) is 5.78 Å². The van der Waals surface area contributed by atoms with Gasteiger partial charge in [0.25, 0.3) is 0 Å². The molecule has 1 aromatic rings. The number of rotatable bonds is 5. The van der Waals surface area contributed by atoms with Crippen molar-refractivity contribution in [2.75, 3.05) is 19.8 Å². The number of Topliss-reactive ketones (excluding diaryl/α,β-unsaturated/α-hetero) is 1. The van der Waals surface area contributed by atoms with E-state index in [0.29, 0.717) is 13.2 Å². The molecule has 1 heterocycles. The second kappa shape index (κ2) is 6.21. The zero-order valence-corrected chi connectivity index (χ0v) is 10.8. The number of hydrogen-bond acceptors (Lipinski definition) is 3. The highest BCUT2D eigenvalue weighted by Crippen LogP contribution is 2.20. The second-order valence-corrected chi connectivity index (χ2v) is 4.73. The van der Waals surface area contributed by atoms with Gasteiger partial charge in [-0.15, -0.1) is 0 Å². The number of ketones is 1. The van der Waals surface area contributed by atoms with Gasteiger partial charge in [0.05, 0.1) is 19.1 Å². The summed E-state index contributed by atoms with van der Waals surface area (Å²) in [7, 11) is 0. The molecular formula is C14H17F2NO2. The van der Waals surface area contributed by atoms with Crippen molar-refractivity contribution in [3.8, 4) is 0 Å². The Kier molecular flexibility index (Phi) is 4.61. The third kappa shape index (κ3) is 3.36. The molecule has 0 aromatic heterocycles. The molecule has 0 spiro atoms. The standard InChI is InChI=1S/C14H17F2NO2/c1-2-3-17-13-8-19-7-12(13)14(18)9-4-10(15)6-11(16)5-9/h4-6,12-13,17H,2-3,7-8H2,1H3. The van der Waals surface area contributed by atoms with Crippen molar-refractivity contribution < 1.29 is 18.3 Å². The minimum atomic E-state index is -0.736. The van der Waals surface area contributed by atoms with Gasteiger partial charge in [-0.1, -0.05) is 6.92 Å². The highest BCUT2D eigenvalue weighted by Gasteiger charge is 2.34. The van der Waals surface area contributed by atoms with E-state index in [4.69, 9.17) is 4.74 Å². The molecule has 1 fully saturated rings. The van der Waals surface area contributed by atoms with E-state index in [2.05, 4.69) is 5.32 Å². The van der Waals surface area contributed by atoms with Gasteiger partial charge in [0.1, 0.15) is 11.6 Å². The number of nitrogens with one attached hydrogen (secondary N) is 1. The largest absolute Gasteiger partial charge is 0.379 e. The average Bonchev–Trinajstić information content (AvgIpc) is 2.82. The summed E-state index contributed by atoms with van der Waals surface area (Å²) in [6.07, 6.45) is 0.950. The van der Waals surface area contributed by atoms with Crippen molar-refractivity contribution in [3.05, 3.63) is 35.4 Å². The van der Waals surface area contributed by atoms with Gasteiger partial charge >= 0.3 is 0 Å². The van der Waals surface area contributed by atoms with E-state index in [1.807, 2.05) is 6.92 Å². The smallest absolute Gasteiger partial charge is 0.170 e. The van der Waals surface area contributed by atoms with Gasteiger partial charge in [-0.25, -0.2) is 8.78 Å². The summed E-state index contributed by atoms with van der Waals surface area (Å²) in [5, 5.41) is 3.23. The summed E-state index contributed by atoms with van der Waals surface area (Å²) < 4.78 is 31.6. The molecule has 0 aliphatic carbocycles. The first kappa shape index (κ1) is 14.1. The lowest BCUT2D eigenvalue weighted by molar-refractivity contribution is 0.0890. The summed E-state index contributed by atoms with van der Waals surface area (Å²) in [5.41, 5.74) is 0.0660. The fourth-order valence-electron chi connectivity index (χ4n) is 2.25. The fourth-order valence-corrected chi connectivity index (χ4v) is 2.25. The molecule has 2 unspecified atom stereocenters. The summed E-state index contributed by atoms with van der Waals surface area (Å²) in [6, 6.07) is 2.81. The maximum atomic E-state index is 13.1. The Balaban J connectivity index is 2.13. The van der Waals surface area contributed by atoms with Crippen molar-refractivity contribution >= 4 is 5.78 Å². The van der Waals surface area contributed by atoms with Gasteiger partial charge in [0, 0.05) is 17.7 Å². The molecule has 1 aromatic carbocycles. The Bertz CT molecular complexity index is 445. The summed E-state index contributed by atoms with van der Waals surface area (Å²) in [6.45, 7) is 3.56. The Morgan fingerprint density at radius 1 is 1.32 bits per heavy atom. The van der Waals surface area contributed by atoms with Crippen LogP contribution in [0.15, 0.2) is 18.2 Å². The van der Waals surface area contributed by atoms with Crippen molar-refractivity contribution in [1.82, 2.24) is 5.32 Å². The third-order valence-electron chi connectivity index (χ3n) is 3.22. The first-order valence-corrected chi connectivity index (χ1v) is 6.43. The van der Waals surface area contributed by atoms with E-state index in [1.54, 1.807) is 0 Å². The molecule has 1 saturated heterocycles. The maximum absolute atomic E-state index is 13.1. The van der Waals surface area contributed by atoms with Crippen LogP contribution in [0.5, 0.6) is 0 Å². The molecule has 5 heteroatoms. The van der Waals surface area contributed by atoms with E-state index in [1.165, 1.54) is 0 Å². The predicted molar refractivity (Wildman–Crippen MR) is 67.1 cm³/mol. The molecule has 1 aliphatic heterocycles. The van der Waals surface area contributed by atoms with Gasteiger partial charge < -0.3 is 10.1 Å². The molecule has 0 amide bonds. The van der Waals surface area contributed by atoms with Crippen LogP contribution in [0.2, 0.25) is 0 Å². The quantitative estimate of drug-likeness (QED) is 0.832. The summed E-state index contributed by atoms with van der Waals surface area (Å²) >= 11 is 0. The SMILES string of the molecule is CCCNC1COCC1C(=O)c1cc(F)cc(F)c1. The number of hydrogen-bond donors (Lipinski definition) is 1. The zero-order valence-electron chi connectivity index (χ0n) is 10.8. The van der Waals surface area contributed by atoms with Crippen LogP contribution in [0.25, 0.3) is 0 Å². The minimum Gasteiger partial charge on any atom is -0.379 e. The van der Waals surface area contributed by atoms with Crippen LogP contribution in [-0.2, 0) is 4.74 Å². The van der Waals surface area contributed by atoms with E-state index in [-0.39, 0.29) is 23.3 Å². The molecule has 2 atom stereocenters. The van der Waals surface area contributed by atoms with Crippen LogP contribution in [0.3, 0.4) is 0 Å². The lowest BCUT2D eigenvalue weighted by Crippen LogP contribution is -2.39. The maximum Gasteiger partial charge on any atom is 0.170 e. The number of benzene rings is 1. The average molecular weight is 269 g/mol. The summed E-state index contributed by atoms with van der Waals surface area (Å²) in [4.78, 5) is 12.3.